The van der Waals surface area contributed by atoms with E-state index in [1.807, 2.05) is 28.8 Å². The molecule has 2 heterocycles. The van der Waals surface area contributed by atoms with E-state index in [-0.39, 0.29) is 17.1 Å². The SMILES string of the molecule is Cc1ccc(-n2c(SCC(=O)NN=Cc3ccncc3)nnc2-c2ccc(C(C)(C)C)cc2)cc1. The fourth-order valence-electron chi connectivity index (χ4n) is 3.39. The Balaban J connectivity index is 1.55. The molecular weight excluding hydrogens is 456 g/mol. The number of hydrazone groups is 1. The molecule has 0 spiro atoms. The Bertz CT molecular complexity index is 1310. The zero-order valence-corrected chi connectivity index (χ0v) is 21.1. The summed E-state index contributed by atoms with van der Waals surface area (Å²) in [7, 11) is 0. The molecule has 0 atom stereocenters. The molecule has 0 aliphatic heterocycles. The number of hydrogen-bond acceptors (Lipinski definition) is 6. The minimum absolute atomic E-state index is 0.0669. The van der Waals surface area contributed by atoms with E-state index in [1.54, 1.807) is 18.6 Å². The van der Waals surface area contributed by atoms with Crippen LogP contribution in [0.2, 0.25) is 0 Å². The maximum atomic E-state index is 12.4. The third kappa shape index (κ3) is 6.22. The number of carbonyl (C=O) groups excluding carboxylic acids is 1. The number of carbonyl (C=O) groups is 1. The summed E-state index contributed by atoms with van der Waals surface area (Å²) in [6, 6.07) is 20.2. The van der Waals surface area contributed by atoms with Gasteiger partial charge in [0.1, 0.15) is 0 Å². The Kier molecular flexibility index (Phi) is 7.41. The van der Waals surface area contributed by atoms with Gasteiger partial charge in [0.2, 0.25) is 0 Å². The molecule has 8 heteroatoms. The van der Waals surface area contributed by atoms with E-state index in [4.69, 9.17) is 0 Å². The molecule has 0 bridgehead atoms. The Hall–Kier alpha value is -3.78. The monoisotopic (exact) mass is 484 g/mol. The quantitative estimate of drug-likeness (QED) is 0.222. The molecule has 4 rings (SSSR count). The lowest BCUT2D eigenvalue weighted by Gasteiger charge is -2.19. The fourth-order valence-corrected chi connectivity index (χ4v) is 4.13. The largest absolute Gasteiger partial charge is 0.272 e. The molecule has 0 saturated carbocycles. The summed E-state index contributed by atoms with van der Waals surface area (Å²) in [5.74, 6) is 0.656. The number of thioether (sulfide) groups is 1. The molecule has 0 saturated heterocycles. The second-order valence-corrected chi connectivity index (χ2v) is 10.1. The molecule has 2 aromatic carbocycles. The fraction of sp³-hybridized carbons (Fsp3) is 0.222. The van der Waals surface area contributed by atoms with Crippen molar-refractivity contribution in [3.05, 3.63) is 89.7 Å². The minimum atomic E-state index is -0.227. The second kappa shape index (κ2) is 10.7. The first kappa shape index (κ1) is 24.3. The summed E-state index contributed by atoms with van der Waals surface area (Å²) in [5.41, 5.74) is 7.80. The zero-order chi connectivity index (χ0) is 24.8. The Morgan fingerprint density at radius 3 is 2.34 bits per heavy atom. The van der Waals surface area contributed by atoms with Gasteiger partial charge < -0.3 is 0 Å². The average molecular weight is 485 g/mol. The Morgan fingerprint density at radius 2 is 1.69 bits per heavy atom. The number of benzene rings is 2. The summed E-state index contributed by atoms with van der Waals surface area (Å²) in [6.45, 7) is 8.63. The standard InChI is InChI=1S/C27H28N6OS/c1-19-5-11-23(12-6-19)33-25(21-7-9-22(10-8-21)27(2,3)4)31-32-26(33)35-18-24(34)30-29-17-20-13-15-28-16-14-20/h5-17H,18H2,1-4H3,(H,30,34). The molecular formula is C27H28N6OS. The molecule has 4 aromatic rings. The molecule has 2 aromatic heterocycles. The van der Waals surface area contributed by atoms with Gasteiger partial charge in [0.25, 0.3) is 5.91 Å². The molecule has 178 valence electrons. The van der Waals surface area contributed by atoms with Crippen LogP contribution in [-0.2, 0) is 10.2 Å². The third-order valence-corrected chi connectivity index (χ3v) is 6.30. The Morgan fingerprint density at radius 1 is 1.00 bits per heavy atom. The lowest BCUT2D eigenvalue weighted by Crippen LogP contribution is -2.20. The van der Waals surface area contributed by atoms with Crippen molar-refractivity contribution in [1.82, 2.24) is 25.2 Å². The van der Waals surface area contributed by atoms with Crippen LogP contribution < -0.4 is 5.43 Å². The van der Waals surface area contributed by atoms with Crippen LogP contribution in [0.15, 0.2) is 83.3 Å². The number of hydrogen-bond donors (Lipinski definition) is 1. The van der Waals surface area contributed by atoms with Crippen LogP contribution >= 0.6 is 11.8 Å². The molecule has 0 aliphatic carbocycles. The van der Waals surface area contributed by atoms with Crippen molar-refractivity contribution in [3.63, 3.8) is 0 Å². The normalized spacial score (nSPS) is 11.7. The van der Waals surface area contributed by atoms with Gasteiger partial charge in [-0.15, -0.1) is 10.2 Å². The summed E-state index contributed by atoms with van der Waals surface area (Å²) in [5, 5.41) is 13.5. The molecule has 1 amide bonds. The highest BCUT2D eigenvalue weighted by Crippen LogP contribution is 2.30. The number of rotatable bonds is 7. The van der Waals surface area contributed by atoms with Gasteiger partial charge in [0.15, 0.2) is 11.0 Å². The number of nitrogens with one attached hydrogen (secondary N) is 1. The highest BCUT2D eigenvalue weighted by molar-refractivity contribution is 7.99. The van der Waals surface area contributed by atoms with Gasteiger partial charge in [-0.25, -0.2) is 5.43 Å². The predicted molar refractivity (Wildman–Crippen MR) is 141 cm³/mol. The molecule has 7 nitrogen and oxygen atoms in total. The van der Waals surface area contributed by atoms with E-state index in [0.717, 1.165) is 22.6 Å². The van der Waals surface area contributed by atoms with E-state index < -0.39 is 0 Å². The number of aromatic nitrogens is 4. The highest BCUT2D eigenvalue weighted by Gasteiger charge is 2.19. The second-order valence-electron chi connectivity index (χ2n) is 9.17. The van der Waals surface area contributed by atoms with E-state index in [2.05, 4.69) is 89.8 Å². The summed E-state index contributed by atoms with van der Waals surface area (Å²) < 4.78 is 1.99. The van der Waals surface area contributed by atoms with E-state index in [9.17, 15) is 4.79 Å². The van der Waals surface area contributed by atoms with E-state index in [0.29, 0.717) is 5.16 Å². The smallest absolute Gasteiger partial charge is 0.250 e. The van der Waals surface area contributed by atoms with Crippen LogP contribution in [0.5, 0.6) is 0 Å². The first-order valence-corrected chi connectivity index (χ1v) is 12.3. The van der Waals surface area contributed by atoms with Crippen molar-refractivity contribution < 1.29 is 4.79 Å². The predicted octanol–water partition coefficient (Wildman–Crippen LogP) is 5.18. The average Bonchev–Trinajstić information content (AvgIpc) is 3.27. The highest BCUT2D eigenvalue weighted by atomic mass is 32.2. The van der Waals surface area contributed by atoms with Crippen molar-refractivity contribution in [2.45, 2.75) is 38.3 Å². The van der Waals surface area contributed by atoms with Gasteiger partial charge in [-0.1, -0.05) is 74.5 Å². The molecule has 35 heavy (non-hydrogen) atoms. The molecule has 0 aliphatic rings. The van der Waals surface area contributed by atoms with Gasteiger partial charge in [-0.05, 0) is 47.7 Å². The van der Waals surface area contributed by atoms with Crippen LogP contribution in [0, 0.1) is 6.92 Å². The van der Waals surface area contributed by atoms with Gasteiger partial charge in [-0.2, -0.15) is 5.10 Å². The number of amides is 1. The maximum absolute atomic E-state index is 12.4. The summed E-state index contributed by atoms with van der Waals surface area (Å²) in [4.78, 5) is 16.4. The van der Waals surface area contributed by atoms with E-state index >= 15 is 0 Å². The van der Waals surface area contributed by atoms with Crippen LogP contribution in [0.25, 0.3) is 17.1 Å². The van der Waals surface area contributed by atoms with Crippen LogP contribution in [0.3, 0.4) is 0 Å². The first-order valence-electron chi connectivity index (χ1n) is 11.3. The molecule has 1 N–H and O–H groups in total. The zero-order valence-electron chi connectivity index (χ0n) is 20.3. The lowest BCUT2D eigenvalue weighted by molar-refractivity contribution is -0.118. The van der Waals surface area contributed by atoms with Crippen molar-refractivity contribution in [2.24, 2.45) is 5.10 Å². The summed E-state index contributed by atoms with van der Waals surface area (Å²) in [6.07, 6.45) is 4.93. The van der Waals surface area contributed by atoms with Gasteiger partial charge in [-0.3, -0.25) is 14.3 Å². The summed E-state index contributed by atoms with van der Waals surface area (Å²) >= 11 is 1.32. The van der Waals surface area contributed by atoms with Crippen LogP contribution in [0.4, 0.5) is 0 Å². The van der Waals surface area contributed by atoms with Crippen molar-refractivity contribution in [3.8, 4) is 17.1 Å². The van der Waals surface area contributed by atoms with Crippen molar-refractivity contribution >= 4 is 23.9 Å². The van der Waals surface area contributed by atoms with Gasteiger partial charge in [0.05, 0.1) is 12.0 Å². The van der Waals surface area contributed by atoms with Crippen molar-refractivity contribution in [2.75, 3.05) is 5.75 Å². The number of aryl methyl sites for hydroxylation is 1. The van der Waals surface area contributed by atoms with Gasteiger partial charge in [0, 0.05) is 23.6 Å². The van der Waals surface area contributed by atoms with Crippen molar-refractivity contribution in [1.29, 1.82) is 0 Å². The van der Waals surface area contributed by atoms with Crippen LogP contribution in [-0.4, -0.2) is 37.6 Å². The number of pyridine rings is 1. The molecule has 0 radical (unpaired) electrons. The topological polar surface area (TPSA) is 85.1 Å². The first-order chi connectivity index (χ1) is 16.8. The van der Waals surface area contributed by atoms with Gasteiger partial charge >= 0.3 is 0 Å². The number of nitrogens with zero attached hydrogens (tertiary/aromatic N) is 5. The van der Waals surface area contributed by atoms with Crippen LogP contribution in [0.1, 0.15) is 37.5 Å². The lowest BCUT2D eigenvalue weighted by atomic mass is 9.87. The van der Waals surface area contributed by atoms with E-state index in [1.165, 1.54) is 22.9 Å². The molecule has 0 unspecified atom stereocenters. The maximum Gasteiger partial charge on any atom is 0.250 e. The Labute approximate surface area is 209 Å². The third-order valence-electron chi connectivity index (χ3n) is 5.38. The molecule has 0 fully saturated rings. The minimum Gasteiger partial charge on any atom is -0.272 e.